The fourth-order valence-corrected chi connectivity index (χ4v) is 3.81. The van der Waals surface area contributed by atoms with Gasteiger partial charge in [-0.25, -0.2) is 0 Å². The third-order valence-corrected chi connectivity index (χ3v) is 9.72. The van der Waals surface area contributed by atoms with Crippen LogP contribution in [-0.4, -0.2) is 33.9 Å². The molecule has 0 aromatic carbocycles. The lowest BCUT2D eigenvalue weighted by Crippen LogP contribution is -2.40. The van der Waals surface area contributed by atoms with Crippen molar-refractivity contribution in [3.05, 3.63) is 12.2 Å². The summed E-state index contributed by atoms with van der Waals surface area (Å²) in [6.07, 6.45) is 8.99. The van der Waals surface area contributed by atoms with Gasteiger partial charge in [0.25, 0.3) is 0 Å². The number of rotatable bonds is 6. The van der Waals surface area contributed by atoms with Gasteiger partial charge in [0.05, 0.1) is 13.2 Å². The largest absolute Gasteiger partial charge is 0.417 e. The van der Waals surface area contributed by atoms with E-state index < -0.39 is 8.32 Å². The van der Waals surface area contributed by atoms with Gasteiger partial charge in [-0.15, -0.1) is 0 Å². The minimum atomic E-state index is -1.57. The Hall–Kier alpha value is -0.163. The molecule has 0 amide bonds. The molecule has 1 atom stereocenters. The van der Waals surface area contributed by atoms with E-state index in [9.17, 15) is 0 Å². The van der Waals surface area contributed by atoms with Crippen LogP contribution in [0.25, 0.3) is 0 Å². The molecule has 2 rings (SSSR count). The van der Waals surface area contributed by atoms with Gasteiger partial charge in [0.1, 0.15) is 0 Å². The van der Waals surface area contributed by atoms with E-state index >= 15 is 0 Å². The lowest BCUT2D eigenvalue weighted by atomic mass is 10.0. The fourth-order valence-electron chi connectivity index (χ4n) is 2.72. The molecule has 1 saturated heterocycles. The summed E-state index contributed by atoms with van der Waals surface area (Å²) in [5, 5.41) is 0.310. The van der Waals surface area contributed by atoms with Crippen LogP contribution in [0.1, 0.15) is 46.5 Å². The average Bonchev–Trinajstić information content (AvgIpc) is 2.99. The van der Waals surface area contributed by atoms with Crippen LogP contribution in [0.3, 0.4) is 0 Å². The molecule has 3 nitrogen and oxygen atoms in total. The van der Waals surface area contributed by atoms with Crippen molar-refractivity contribution in [1.29, 1.82) is 0 Å². The highest BCUT2D eigenvalue weighted by atomic mass is 28.4. The van der Waals surface area contributed by atoms with Gasteiger partial charge in [0.2, 0.25) is 0 Å². The maximum atomic E-state index is 6.22. The molecule has 0 bridgehead atoms. The fraction of sp³-hybridized carbons (Fsp3) is 0.882. The Morgan fingerprint density at radius 2 is 1.86 bits per heavy atom. The molecule has 0 radical (unpaired) electrons. The molecular weight excluding hydrogens is 280 g/mol. The lowest BCUT2D eigenvalue weighted by Gasteiger charge is -2.36. The Balaban J connectivity index is 1.60. The van der Waals surface area contributed by atoms with Gasteiger partial charge >= 0.3 is 0 Å². The third-order valence-electron chi connectivity index (χ3n) is 5.18. The Bertz CT molecular complexity index is 365. The molecular formula is C17H32O3Si. The average molecular weight is 313 g/mol. The Labute approximate surface area is 131 Å². The van der Waals surface area contributed by atoms with E-state index in [0.29, 0.717) is 11.0 Å². The molecule has 1 aliphatic carbocycles. The van der Waals surface area contributed by atoms with E-state index in [4.69, 9.17) is 13.9 Å². The van der Waals surface area contributed by atoms with Crippen molar-refractivity contribution in [1.82, 2.24) is 0 Å². The molecule has 0 aromatic rings. The maximum absolute atomic E-state index is 6.22. The van der Waals surface area contributed by atoms with Crippen molar-refractivity contribution < 1.29 is 13.9 Å². The number of unbranched alkanes of at least 4 members (excludes halogenated alkanes) is 1. The predicted molar refractivity (Wildman–Crippen MR) is 88.9 cm³/mol. The van der Waals surface area contributed by atoms with Crippen molar-refractivity contribution in [2.75, 3.05) is 19.8 Å². The molecule has 1 unspecified atom stereocenters. The smallest absolute Gasteiger partial charge is 0.191 e. The molecule has 21 heavy (non-hydrogen) atoms. The molecule has 1 aliphatic heterocycles. The van der Waals surface area contributed by atoms with Crippen LogP contribution < -0.4 is 0 Å². The van der Waals surface area contributed by atoms with Crippen LogP contribution in [0.5, 0.6) is 0 Å². The second kappa shape index (κ2) is 6.53. The molecule has 0 saturated carbocycles. The van der Waals surface area contributed by atoms with Crippen molar-refractivity contribution >= 4 is 8.32 Å². The highest BCUT2D eigenvalue weighted by Gasteiger charge is 2.39. The zero-order chi connectivity index (χ0) is 15.6. The normalized spacial score (nSPS) is 25.1. The quantitative estimate of drug-likeness (QED) is 0.411. The number of ether oxygens (including phenoxy) is 2. The minimum Gasteiger partial charge on any atom is -0.417 e. The molecule has 1 fully saturated rings. The van der Waals surface area contributed by atoms with Crippen molar-refractivity contribution in [3.63, 3.8) is 0 Å². The van der Waals surface area contributed by atoms with E-state index in [0.717, 1.165) is 32.7 Å². The molecule has 4 heteroatoms. The summed E-state index contributed by atoms with van der Waals surface area (Å²) in [6.45, 7) is 13.9. The first kappa shape index (κ1) is 17.2. The summed E-state index contributed by atoms with van der Waals surface area (Å²) in [4.78, 5) is 0. The SMILES string of the molecule is CC(C)(C)[Si](C)(C)OCCCCC1C=CC2(C1)OCCO2. The first-order valence-electron chi connectivity index (χ1n) is 8.35. The first-order chi connectivity index (χ1) is 9.74. The number of hydrogen-bond acceptors (Lipinski definition) is 3. The van der Waals surface area contributed by atoms with E-state index in [-0.39, 0.29) is 5.79 Å². The highest BCUT2D eigenvalue weighted by molar-refractivity contribution is 6.74. The molecule has 1 heterocycles. The maximum Gasteiger partial charge on any atom is 0.191 e. The van der Waals surface area contributed by atoms with Gasteiger partial charge < -0.3 is 13.9 Å². The van der Waals surface area contributed by atoms with Gasteiger partial charge in [-0.05, 0) is 43.0 Å². The van der Waals surface area contributed by atoms with Crippen molar-refractivity contribution in [3.8, 4) is 0 Å². The Kier molecular flexibility index (Phi) is 5.34. The summed E-state index contributed by atoms with van der Waals surface area (Å²) in [5.74, 6) is 0.235. The predicted octanol–water partition coefficient (Wildman–Crippen LogP) is 4.50. The summed E-state index contributed by atoms with van der Waals surface area (Å²) < 4.78 is 17.6. The first-order valence-corrected chi connectivity index (χ1v) is 11.3. The summed E-state index contributed by atoms with van der Waals surface area (Å²) >= 11 is 0. The van der Waals surface area contributed by atoms with E-state index in [2.05, 4.69) is 46.0 Å². The van der Waals surface area contributed by atoms with Crippen LogP contribution in [0.15, 0.2) is 12.2 Å². The highest BCUT2D eigenvalue weighted by Crippen LogP contribution is 2.38. The second-order valence-corrected chi connectivity index (χ2v) is 12.7. The van der Waals surface area contributed by atoms with Crippen LogP contribution in [0.2, 0.25) is 18.1 Å². The van der Waals surface area contributed by atoms with E-state index in [1.807, 2.05) is 0 Å². The van der Waals surface area contributed by atoms with Gasteiger partial charge in [-0.3, -0.25) is 0 Å². The number of allylic oxidation sites excluding steroid dienone is 1. The van der Waals surface area contributed by atoms with Crippen molar-refractivity contribution in [2.45, 2.75) is 70.4 Å². The second-order valence-electron chi connectivity index (χ2n) is 7.94. The van der Waals surface area contributed by atoms with E-state index in [1.165, 1.54) is 12.8 Å². The zero-order valence-corrected chi connectivity index (χ0v) is 15.4. The number of hydrogen-bond donors (Lipinski definition) is 0. The Morgan fingerprint density at radius 1 is 1.19 bits per heavy atom. The van der Waals surface area contributed by atoms with Crippen molar-refractivity contribution in [2.24, 2.45) is 5.92 Å². The van der Waals surface area contributed by atoms with Crippen LogP contribution in [0, 0.1) is 5.92 Å². The monoisotopic (exact) mass is 312 g/mol. The molecule has 122 valence electrons. The standard InChI is InChI=1S/C17H32O3Si/c1-16(2,3)21(4,5)20-11-7-6-8-15-9-10-17(14-15)18-12-13-19-17/h9-10,15H,6-8,11-14H2,1-5H3. The van der Waals surface area contributed by atoms with Crippen LogP contribution >= 0.6 is 0 Å². The summed E-state index contributed by atoms with van der Waals surface area (Å²) in [5.41, 5.74) is 0. The molecule has 0 N–H and O–H groups in total. The van der Waals surface area contributed by atoms with Gasteiger partial charge in [0, 0.05) is 13.0 Å². The lowest BCUT2D eigenvalue weighted by molar-refractivity contribution is -0.120. The molecule has 2 aliphatic rings. The van der Waals surface area contributed by atoms with Gasteiger partial charge in [-0.1, -0.05) is 33.3 Å². The van der Waals surface area contributed by atoms with Gasteiger partial charge in [-0.2, -0.15) is 0 Å². The Morgan fingerprint density at radius 3 is 2.48 bits per heavy atom. The van der Waals surface area contributed by atoms with Crippen LogP contribution in [-0.2, 0) is 13.9 Å². The third kappa shape index (κ3) is 4.41. The zero-order valence-electron chi connectivity index (χ0n) is 14.4. The van der Waals surface area contributed by atoms with Gasteiger partial charge in [0.15, 0.2) is 14.1 Å². The topological polar surface area (TPSA) is 27.7 Å². The molecule has 0 aromatic heterocycles. The summed E-state index contributed by atoms with van der Waals surface area (Å²) in [6, 6.07) is 0. The minimum absolute atomic E-state index is 0.310. The summed E-state index contributed by atoms with van der Waals surface area (Å²) in [7, 11) is -1.57. The van der Waals surface area contributed by atoms with E-state index in [1.54, 1.807) is 0 Å². The molecule has 1 spiro atoms. The van der Waals surface area contributed by atoms with Crippen LogP contribution in [0.4, 0.5) is 0 Å².